The van der Waals surface area contributed by atoms with Crippen LogP contribution < -0.4 is 10.7 Å². The van der Waals surface area contributed by atoms with Crippen molar-refractivity contribution in [3.63, 3.8) is 0 Å². The second kappa shape index (κ2) is 7.07. The minimum Gasteiger partial charge on any atom is -0.350 e. The lowest BCUT2D eigenvalue weighted by molar-refractivity contribution is -0.140. The summed E-state index contributed by atoms with van der Waals surface area (Å²) >= 11 is 0. The number of aliphatic imine (C=N–C) groups is 1. The van der Waals surface area contributed by atoms with E-state index < -0.39 is 35.9 Å². The molecule has 0 bridgehead atoms. The number of piperidine rings is 1. The maximum atomic E-state index is 13.7. The topological polar surface area (TPSA) is 77.8 Å². The van der Waals surface area contributed by atoms with Crippen molar-refractivity contribution < 1.29 is 26.7 Å². The van der Waals surface area contributed by atoms with Gasteiger partial charge in [-0.1, -0.05) is 0 Å². The van der Waals surface area contributed by atoms with Gasteiger partial charge in [0.1, 0.15) is 5.84 Å². The van der Waals surface area contributed by atoms with Crippen LogP contribution in [0.1, 0.15) is 18.5 Å². The maximum Gasteiger partial charge on any atom is 0.437 e. The standard InChI is InChI=1S/C17H18F5N7O/c1-27-8-11(13(26-27)17(20,21)22)24-15(30)10-7-23-29-6-3-12(25-14(10)29)28-5-2-4-16(18,19)9-28/h3,6,8,23H,2,4-5,7,9H2,1H3,(H,24,30). The van der Waals surface area contributed by atoms with Crippen molar-refractivity contribution in [1.82, 2.24) is 25.1 Å². The van der Waals surface area contributed by atoms with Crippen molar-refractivity contribution in [2.45, 2.75) is 24.9 Å². The van der Waals surface area contributed by atoms with Gasteiger partial charge in [-0.2, -0.15) is 18.3 Å². The molecule has 1 amide bonds. The number of aromatic nitrogens is 2. The first-order chi connectivity index (χ1) is 14.0. The van der Waals surface area contributed by atoms with Crippen molar-refractivity contribution in [3.05, 3.63) is 35.6 Å². The molecule has 1 aromatic heterocycles. The predicted octanol–water partition coefficient (Wildman–Crippen LogP) is 2.07. The molecule has 0 radical (unpaired) electrons. The molecule has 1 fully saturated rings. The van der Waals surface area contributed by atoms with Crippen LogP contribution in [-0.2, 0) is 18.0 Å². The summed E-state index contributed by atoms with van der Waals surface area (Å²) in [7, 11) is 1.31. The number of carbonyl (C=O) groups is 1. The van der Waals surface area contributed by atoms with Crippen LogP contribution in [0, 0.1) is 0 Å². The number of anilines is 1. The number of carbonyl (C=O) groups excluding carboxylic acids is 1. The summed E-state index contributed by atoms with van der Waals surface area (Å²) in [5.41, 5.74) is 1.25. The van der Waals surface area contributed by atoms with Crippen LogP contribution in [0.5, 0.6) is 0 Å². The van der Waals surface area contributed by atoms with Crippen molar-refractivity contribution in [1.29, 1.82) is 0 Å². The molecule has 3 aliphatic heterocycles. The Balaban J connectivity index is 1.59. The van der Waals surface area contributed by atoms with E-state index in [0.29, 0.717) is 13.0 Å². The second-order valence-electron chi connectivity index (χ2n) is 7.19. The number of aryl methyl sites for hydroxylation is 1. The molecule has 4 heterocycles. The average molecular weight is 431 g/mol. The summed E-state index contributed by atoms with van der Waals surface area (Å²) in [6, 6.07) is 0. The van der Waals surface area contributed by atoms with Gasteiger partial charge >= 0.3 is 6.18 Å². The molecular weight excluding hydrogens is 413 g/mol. The highest BCUT2D eigenvalue weighted by atomic mass is 19.4. The summed E-state index contributed by atoms with van der Waals surface area (Å²) < 4.78 is 67.8. The molecule has 2 N–H and O–H groups in total. The number of halogens is 5. The molecule has 0 aliphatic carbocycles. The summed E-state index contributed by atoms with van der Waals surface area (Å²) in [4.78, 5) is 18.4. The van der Waals surface area contributed by atoms with Crippen LogP contribution >= 0.6 is 0 Å². The third-order valence-corrected chi connectivity index (χ3v) is 4.85. The van der Waals surface area contributed by atoms with Crippen LogP contribution in [0.3, 0.4) is 0 Å². The highest BCUT2D eigenvalue weighted by molar-refractivity contribution is 6.06. The highest BCUT2D eigenvalue weighted by Gasteiger charge is 2.39. The van der Waals surface area contributed by atoms with Crippen LogP contribution in [0.15, 0.2) is 34.9 Å². The van der Waals surface area contributed by atoms with E-state index in [2.05, 4.69) is 20.8 Å². The number of hydrazine groups is 1. The second-order valence-corrected chi connectivity index (χ2v) is 7.19. The quantitative estimate of drug-likeness (QED) is 0.702. The first kappa shape index (κ1) is 20.3. The zero-order chi connectivity index (χ0) is 21.7. The van der Waals surface area contributed by atoms with Gasteiger partial charge in [0.05, 0.1) is 17.8 Å². The van der Waals surface area contributed by atoms with E-state index in [4.69, 9.17) is 0 Å². The summed E-state index contributed by atoms with van der Waals surface area (Å²) in [5.74, 6) is -3.20. The van der Waals surface area contributed by atoms with Gasteiger partial charge < -0.3 is 10.2 Å². The van der Waals surface area contributed by atoms with Crippen molar-refractivity contribution >= 4 is 17.4 Å². The molecule has 0 saturated carbocycles. The maximum absolute atomic E-state index is 13.7. The molecule has 1 saturated heterocycles. The number of hydrogen-bond donors (Lipinski definition) is 2. The molecule has 30 heavy (non-hydrogen) atoms. The first-order valence-corrected chi connectivity index (χ1v) is 9.11. The third-order valence-electron chi connectivity index (χ3n) is 4.85. The fourth-order valence-corrected chi connectivity index (χ4v) is 3.50. The number of likely N-dealkylation sites (tertiary alicyclic amines) is 1. The van der Waals surface area contributed by atoms with Gasteiger partial charge in [0.2, 0.25) is 0 Å². The number of amidine groups is 1. The van der Waals surface area contributed by atoms with Crippen molar-refractivity contribution in [2.75, 3.05) is 25.0 Å². The number of hydrogen-bond acceptors (Lipinski definition) is 6. The van der Waals surface area contributed by atoms with Crippen molar-refractivity contribution in [3.8, 4) is 0 Å². The number of alkyl halides is 5. The molecule has 3 aliphatic rings. The fourth-order valence-electron chi connectivity index (χ4n) is 3.50. The number of rotatable bonds is 2. The molecular formula is C17H18F5N7O. The van der Waals surface area contributed by atoms with E-state index in [-0.39, 0.29) is 30.2 Å². The monoisotopic (exact) mass is 431 g/mol. The molecule has 1 aromatic rings. The molecule has 162 valence electrons. The lowest BCUT2D eigenvalue weighted by atomic mass is 10.1. The van der Waals surface area contributed by atoms with Gasteiger partial charge in [-0.25, -0.2) is 19.2 Å². The van der Waals surface area contributed by atoms with E-state index in [1.807, 2.05) is 0 Å². The summed E-state index contributed by atoms with van der Waals surface area (Å²) in [6.45, 7) is -0.0747. The average Bonchev–Trinajstić information content (AvgIpc) is 3.23. The van der Waals surface area contributed by atoms with Crippen LogP contribution in [0.25, 0.3) is 0 Å². The summed E-state index contributed by atoms with van der Waals surface area (Å²) in [5, 5.41) is 7.00. The van der Waals surface area contributed by atoms with Gasteiger partial charge in [-0.3, -0.25) is 14.5 Å². The molecule has 0 spiro atoms. The van der Waals surface area contributed by atoms with E-state index in [0.717, 1.165) is 10.9 Å². The normalized spacial score (nSPS) is 21.1. The minimum atomic E-state index is -4.74. The van der Waals surface area contributed by atoms with E-state index in [1.165, 1.54) is 23.2 Å². The van der Waals surface area contributed by atoms with Gasteiger partial charge in [-0.15, -0.1) is 0 Å². The Bertz CT molecular complexity index is 962. The molecule has 8 nitrogen and oxygen atoms in total. The SMILES string of the molecule is Cn1cc(NC(=O)C2=C3N=C(N4CCCC(F)(F)C4)C=CN3NC2)c(C(F)(F)F)n1. The Hall–Kier alpha value is -2.96. The predicted molar refractivity (Wildman–Crippen MR) is 96.0 cm³/mol. The molecule has 4 rings (SSSR count). The Morgan fingerprint density at radius 2 is 2.10 bits per heavy atom. The van der Waals surface area contributed by atoms with Crippen LogP contribution in [0.4, 0.5) is 27.6 Å². The fraction of sp³-hybridized carbons (Fsp3) is 0.471. The zero-order valence-electron chi connectivity index (χ0n) is 15.8. The Kier molecular flexibility index (Phi) is 4.79. The Labute approximate surface area is 167 Å². The Morgan fingerprint density at radius 1 is 1.33 bits per heavy atom. The van der Waals surface area contributed by atoms with E-state index in [9.17, 15) is 26.7 Å². The van der Waals surface area contributed by atoms with Crippen LogP contribution in [-0.4, -0.2) is 57.0 Å². The van der Waals surface area contributed by atoms with Crippen LogP contribution in [0.2, 0.25) is 0 Å². The third kappa shape index (κ3) is 3.88. The zero-order valence-corrected chi connectivity index (χ0v) is 15.8. The first-order valence-electron chi connectivity index (χ1n) is 9.11. The Morgan fingerprint density at radius 3 is 2.80 bits per heavy atom. The van der Waals surface area contributed by atoms with Gasteiger partial charge in [-0.05, 0) is 12.5 Å². The highest BCUT2D eigenvalue weighted by Crippen LogP contribution is 2.34. The molecule has 0 unspecified atom stereocenters. The van der Waals surface area contributed by atoms with Gasteiger partial charge in [0.25, 0.3) is 11.8 Å². The number of amides is 1. The molecule has 0 aromatic carbocycles. The minimum absolute atomic E-state index is 0.0139. The van der Waals surface area contributed by atoms with E-state index in [1.54, 1.807) is 6.08 Å². The van der Waals surface area contributed by atoms with Gasteiger partial charge in [0.15, 0.2) is 11.5 Å². The summed E-state index contributed by atoms with van der Waals surface area (Å²) in [6.07, 6.45) is -0.498. The van der Waals surface area contributed by atoms with Gasteiger partial charge in [0, 0.05) is 39.0 Å². The number of nitrogens with zero attached hydrogens (tertiary/aromatic N) is 5. The van der Waals surface area contributed by atoms with E-state index >= 15 is 0 Å². The largest absolute Gasteiger partial charge is 0.437 e. The number of nitrogens with one attached hydrogen (secondary N) is 2. The number of fused-ring (bicyclic) bond motifs is 1. The molecule has 13 heteroatoms. The van der Waals surface area contributed by atoms with Crippen molar-refractivity contribution in [2.24, 2.45) is 12.0 Å². The lowest BCUT2D eigenvalue weighted by Crippen LogP contribution is -2.46. The lowest BCUT2D eigenvalue weighted by Gasteiger charge is -2.35. The molecule has 0 atom stereocenters. The smallest absolute Gasteiger partial charge is 0.350 e.